The van der Waals surface area contributed by atoms with Gasteiger partial charge in [-0.05, 0) is 191 Å². The molecule has 5 aliphatic heterocycles. The number of benzene rings is 2. The molecule has 45 nitrogen and oxygen atoms in total. The van der Waals surface area contributed by atoms with Crippen molar-refractivity contribution in [3.8, 4) is 16.9 Å². The van der Waals surface area contributed by atoms with Crippen LogP contribution in [0.1, 0.15) is 153 Å². The first-order valence-electron chi connectivity index (χ1n) is 48.7. The van der Waals surface area contributed by atoms with E-state index >= 15 is 0 Å². The van der Waals surface area contributed by atoms with Gasteiger partial charge in [0, 0.05) is 56.2 Å². The van der Waals surface area contributed by atoms with E-state index < -0.39 is 238 Å². The van der Waals surface area contributed by atoms with Crippen molar-refractivity contribution in [2.75, 3.05) is 111 Å². The van der Waals surface area contributed by atoms with Crippen molar-refractivity contribution in [3.05, 3.63) is 213 Å². The van der Waals surface area contributed by atoms with E-state index in [0.29, 0.717) is 57.1 Å². The Labute approximate surface area is 859 Å². The molecular weight excluding hydrogens is 2040 g/mol. The number of aliphatic hydroxyl groups is 10. The van der Waals surface area contributed by atoms with Crippen LogP contribution in [0.3, 0.4) is 0 Å². The summed E-state index contributed by atoms with van der Waals surface area (Å²) < 4.78 is 53.0. The number of carboxylic acids is 1. The fourth-order valence-corrected chi connectivity index (χ4v) is 21.8. The lowest BCUT2D eigenvalue weighted by Crippen LogP contribution is -2.57. The number of ketones is 3. The smallest absolute Gasteiger partial charge is 0.481 e. The van der Waals surface area contributed by atoms with Gasteiger partial charge in [-0.25, -0.2) is 38.1 Å². The number of aliphatic carboxylic acids is 1. The average Bonchev–Trinajstić information content (AvgIpc) is 1.60. The molecule has 0 radical (unpaired) electrons. The largest absolute Gasteiger partial charge is 0.509 e. The minimum absolute atomic E-state index is 0.0684. The summed E-state index contributed by atoms with van der Waals surface area (Å²) in [6.45, 7) is 23.1. The highest BCUT2D eigenvalue weighted by Gasteiger charge is 2.51. The number of carboxylic acid groups (broad SMARTS) is 1. The van der Waals surface area contributed by atoms with Gasteiger partial charge in [-0.1, -0.05) is 69.3 Å². The Bertz CT molecular complexity index is 6640. The molecule has 149 heavy (non-hydrogen) atoms. The van der Waals surface area contributed by atoms with E-state index in [0.717, 1.165) is 99.7 Å². The van der Waals surface area contributed by atoms with E-state index in [1.807, 2.05) is 89.0 Å². The monoisotopic (exact) mass is 2190 g/mol. The van der Waals surface area contributed by atoms with Crippen LogP contribution in [0.2, 0.25) is 0 Å². The molecule has 10 heterocycles. The first-order chi connectivity index (χ1) is 69.3. The zero-order valence-electron chi connectivity index (χ0n) is 86.9. The SMILES string of the molecule is C=P(C)(C)CC[C@H]1O[C@@H](n2c[n+](CCC(C)=O)c(=O)[nH]c2=O)[C@H](O)[C@@H]1O.C=P(C)(C)CC[C@H]1O[C@@H](n2cc(C(OC(=O)OCC3c4ccccc4-c4ccccc43)C(C)=O)c(=O)[nH]c2=O)[C@H](O)[C@@H]1O.C=P(C)(C)CC[C@H]1O[C@@H](n2cc(OCC(C)=O)c(=O)[nH]c2=O)[C@H](O)[C@@H]1O.C=P(C)(C)CC[C@H]1O[C@@H](n2ccc(=O)n(CCC(C)C(=O)O)c2=O)[C@H](O)[C@@H]1O.C=P(C)(C)CC[C@H]1O[C@@H](n2ccc(=O)n(CCC(C)C)c2=O)[C@H](O)[C@@H]1O. The zero-order valence-corrected chi connectivity index (χ0v) is 91.4. The number of H-pyrrole nitrogens is 3. The summed E-state index contributed by atoms with van der Waals surface area (Å²) in [5.41, 5.74) is -3.39. The molecule has 0 saturated carbocycles. The Morgan fingerprint density at radius 2 is 0.792 bits per heavy atom. The number of Topliss-reactive ketones (excluding diaryl/α,β-unsaturated/α-hetero) is 3. The van der Waals surface area contributed by atoms with E-state index in [4.69, 9.17) is 43.0 Å². The maximum atomic E-state index is 12.8. The predicted molar refractivity (Wildman–Crippen MR) is 572 cm³/mol. The highest BCUT2D eigenvalue weighted by atomic mass is 31.2. The summed E-state index contributed by atoms with van der Waals surface area (Å²) in [6.07, 6.45) is 9.21. The number of aromatic nitrogens is 11. The molecule has 14 N–H and O–H groups in total. The molecule has 5 aromatic heterocycles. The number of carbonyl (C=O) groups excluding carboxylic acids is 4. The number of aromatic amines is 3. The van der Waals surface area contributed by atoms with Crippen LogP contribution in [-0.2, 0) is 72.0 Å². The second-order valence-electron chi connectivity index (χ2n) is 42.4. The van der Waals surface area contributed by atoms with Gasteiger partial charge in [0.1, 0.15) is 80.0 Å². The van der Waals surface area contributed by atoms with E-state index in [1.54, 1.807) is 0 Å². The number of rotatable bonds is 38. The third-order valence-electron chi connectivity index (χ3n) is 25.7. The Kier molecular flexibility index (Phi) is 43.0. The minimum Gasteiger partial charge on any atom is -0.481 e. The lowest BCUT2D eigenvalue weighted by atomic mass is 9.98. The molecule has 13 rings (SSSR count). The molecule has 0 bridgehead atoms. The third kappa shape index (κ3) is 33.4. The zero-order chi connectivity index (χ0) is 111. The van der Waals surface area contributed by atoms with Crippen LogP contribution in [0.5, 0.6) is 5.75 Å². The summed E-state index contributed by atoms with van der Waals surface area (Å²) in [7, 11) is 0. The predicted octanol–water partition coefficient (Wildman–Crippen LogP) is 1.21. The summed E-state index contributed by atoms with van der Waals surface area (Å²) in [6, 6.07) is 18.0. The summed E-state index contributed by atoms with van der Waals surface area (Å²) in [4.78, 5) is 188. The van der Waals surface area contributed by atoms with Gasteiger partial charge in [-0.15, -0.1) is 65.9 Å². The fourth-order valence-electron chi connectivity index (χ4n) is 17.1. The molecule has 1 aliphatic carbocycles. The standard InChI is InChI=1S/C31H35N2O9P.C18H29N2O7P.C18H31N2O5P.C16H26N3O6P.C16H25N2O7P/c1-17(34)27(42-31(39)40-16-23-20-11-7-5-9-18(20)19-10-6-8-12-21(19)23)22-15-33(30(38)32-28(22)37)29-26(36)25(35)24(41-29)13-14-43(2,3)4;1-11(17(24)25)5-8-19-13(21)6-9-20(18(19)26)16-15(23)14(22)12(27-16)7-10-28(2,3)4;1-12(2)6-9-19-14(21)7-10-20(18(19)24)17-16(23)15(22)13(25-17)8-11-26(3,4)5;1-10(20)5-7-18-9-19(16(24)17-15(18)23)14-13(22)12(21)11(25-14)6-8-26(2,3)4;1-9(19)8-24-11-7-18(16(23)17-14(11)22)15-13(21)12(20)10(25-15)5-6-26(2,3)4/h5-12,15,23-27,29,35-36H,2,13-14,16H2,1,3-4H3,(H,32,37,38);6,9,11-12,14-16,22-23H,2,5,7-8,10H2,1,3-4H3,(H,24,25);7,10,12-13,15-17,22-23H,3,6,8-9,11H2,1-2,4-5H3;9,11-14,21-22H,2,5-8H2,1,3-4H3;7,10,12-13,15,20-21H,2,5-6,8H2,1,3-4H3,(H,17,22,23)/p+1/t24-,25-,26-,27?,29-;11?,12-,14-,15-,16-;13-,15-,16-,17-;11-,12-,13-,14-;10-,12-,13-,15-/m11111/s1. The minimum atomic E-state index is -1.71. The summed E-state index contributed by atoms with van der Waals surface area (Å²) in [5, 5.41) is 113. The van der Waals surface area contributed by atoms with E-state index in [9.17, 15) is 123 Å². The molecule has 22 atom stereocenters. The number of fused-ring (bicyclic) bond motifs is 3. The topological polar surface area (TPSA) is 638 Å². The van der Waals surface area contributed by atoms with Crippen molar-refractivity contribution in [1.82, 2.24) is 46.9 Å². The Morgan fingerprint density at radius 3 is 1.15 bits per heavy atom. The van der Waals surface area contributed by atoms with Crippen LogP contribution in [0, 0.1) is 11.8 Å². The van der Waals surface area contributed by atoms with Crippen LogP contribution >= 0.6 is 34.4 Å². The number of nitrogens with one attached hydrogen (secondary N) is 3. The van der Waals surface area contributed by atoms with E-state index in [2.05, 4.69) is 86.4 Å². The molecule has 6 aliphatic rings. The Morgan fingerprint density at radius 1 is 0.443 bits per heavy atom. The van der Waals surface area contributed by atoms with Gasteiger partial charge in [0.2, 0.25) is 18.3 Å². The summed E-state index contributed by atoms with van der Waals surface area (Å²) in [5.74, 6) is -2.97. The van der Waals surface area contributed by atoms with Gasteiger partial charge in [0.15, 0.2) is 42.6 Å². The van der Waals surface area contributed by atoms with Crippen LogP contribution in [0.25, 0.3) is 11.1 Å². The van der Waals surface area contributed by atoms with Crippen molar-refractivity contribution < 1.29 is 123 Å². The second-order valence-corrected chi connectivity index (χ2v) is 64.0. The summed E-state index contributed by atoms with van der Waals surface area (Å²) >= 11 is 0. The third-order valence-corrected chi connectivity index (χ3v) is 33.1. The number of carbonyl (C=O) groups is 5. The van der Waals surface area contributed by atoms with E-state index in [-0.39, 0.29) is 73.5 Å². The lowest BCUT2D eigenvalue weighted by molar-refractivity contribution is -0.717. The lowest BCUT2D eigenvalue weighted by Gasteiger charge is -2.21. The number of hydrogen-bond acceptors (Lipinski definition) is 33. The number of aliphatic hydroxyl groups excluding tert-OH is 10. The Balaban J connectivity index is 0.000000211. The van der Waals surface area contributed by atoms with Gasteiger partial charge >= 0.3 is 46.3 Å². The van der Waals surface area contributed by atoms with E-state index in [1.165, 1.54) is 54.7 Å². The van der Waals surface area contributed by atoms with Crippen LogP contribution in [0.15, 0.2) is 140 Å². The van der Waals surface area contributed by atoms with Crippen LogP contribution in [0.4, 0.5) is 4.79 Å². The van der Waals surface area contributed by atoms with Gasteiger partial charge in [0.05, 0.1) is 54.7 Å². The average molecular weight is 2190 g/mol. The molecule has 0 amide bonds. The Hall–Kier alpha value is -9.78. The van der Waals surface area contributed by atoms with Gasteiger partial charge in [-0.2, -0.15) is 9.55 Å². The number of nitrogens with zero attached hydrogens (tertiary/aromatic N) is 8. The molecule has 5 fully saturated rings. The quantitative estimate of drug-likeness (QED) is 0.0147. The number of ether oxygens (including phenoxy) is 8. The van der Waals surface area contributed by atoms with Crippen molar-refractivity contribution in [1.29, 1.82) is 0 Å². The van der Waals surface area contributed by atoms with Crippen molar-refractivity contribution in [2.24, 2.45) is 11.8 Å². The van der Waals surface area contributed by atoms with Crippen molar-refractivity contribution in [2.45, 2.75) is 247 Å². The maximum absolute atomic E-state index is 12.8. The second kappa shape index (κ2) is 52.2. The highest BCUT2D eigenvalue weighted by Crippen LogP contribution is 2.47. The van der Waals surface area contributed by atoms with Crippen molar-refractivity contribution >= 4 is 95.4 Å². The van der Waals surface area contributed by atoms with Gasteiger partial charge in [0.25, 0.3) is 22.2 Å². The van der Waals surface area contributed by atoms with Gasteiger partial charge < -0.3 is 94.1 Å². The normalized spacial score (nSPS) is 25.1. The molecule has 7 aromatic rings. The van der Waals surface area contributed by atoms with Gasteiger partial charge in [-0.3, -0.25) is 75.7 Å². The first-order valence-corrected chi connectivity index (χ1v) is 64.0. The molecular formula is C99H147N11O34P5+. The maximum Gasteiger partial charge on any atom is 0.509 e. The molecule has 5 saturated heterocycles. The molecule has 2 aromatic carbocycles. The molecule has 2 unspecified atom stereocenters. The molecule has 826 valence electrons. The number of aryl methyl sites for hydroxylation is 1. The number of hydrogen-bond donors (Lipinski definition) is 14. The van der Waals surface area contributed by atoms with Crippen LogP contribution < -0.4 is 65.7 Å². The highest BCUT2D eigenvalue weighted by molar-refractivity contribution is 7.73. The first kappa shape index (κ1) is 123. The molecule has 0 spiro atoms. The van der Waals surface area contributed by atoms with Crippen molar-refractivity contribution in [3.63, 3.8) is 0 Å². The molecule has 50 heteroatoms. The fraction of sp³-hybridized carbons (Fsp3) is 0.586. The van der Waals surface area contributed by atoms with Crippen LogP contribution in [-0.4, -0.2) is 366 Å².